The molecule has 1 aliphatic rings. The van der Waals surface area contributed by atoms with E-state index in [-0.39, 0.29) is 24.4 Å². The molecule has 1 N–H and O–H groups in total. The molecule has 0 saturated heterocycles. The molecule has 0 radical (unpaired) electrons. The molecule has 0 aromatic carbocycles. The molecular formula is C11H23NO3S. The Morgan fingerprint density at radius 3 is 2.25 bits per heavy atom. The minimum absolute atomic E-state index is 0.0703. The molecular weight excluding hydrogens is 226 g/mol. The van der Waals surface area contributed by atoms with Crippen LogP contribution in [0.3, 0.4) is 0 Å². The molecule has 1 saturated carbocycles. The van der Waals surface area contributed by atoms with Crippen LogP contribution < -0.4 is 0 Å². The SMILES string of the molecule is CC(C)N(CCO)S(=O)(=O)C1CCCCC1. The second-order valence-corrected chi connectivity index (χ2v) is 6.90. The van der Waals surface area contributed by atoms with Gasteiger partial charge in [0.2, 0.25) is 10.0 Å². The van der Waals surface area contributed by atoms with E-state index in [0.29, 0.717) is 0 Å². The van der Waals surface area contributed by atoms with E-state index < -0.39 is 10.0 Å². The van der Waals surface area contributed by atoms with Gasteiger partial charge in [0.15, 0.2) is 0 Å². The van der Waals surface area contributed by atoms with Crippen LogP contribution in [0.5, 0.6) is 0 Å². The first-order chi connectivity index (χ1) is 7.50. The number of sulfonamides is 1. The van der Waals surface area contributed by atoms with Crippen LogP contribution >= 0.6 is 0 Å². The molecule has 0 aromatic rings. The maximum Gasteiger partial charge on any atom is 0.217 e. The predicted molar refractivity (Wildman–Crippen MR) is 64.7 cm³/mol. The van der Waals surface area contributed by atoms with Gasteiger partial charge < -0.3 is 5.11 Å². The molecule has 5 heteroatoms. The summed E-state index contributed by atoms with van der Waals surface area (Å²) in [5, 5.41) is 8.71. The zero-order valence-electron chi connectivity index (χ0n) is 10.2. The molecule has 4 nitrogen and oxygen atoms in total. The van der Waals surface area contributed by atoms with E-state index in [1.165, 1.54) is 4.31 Å². The fraction of sp³-hybridized carbons (Fsp3) is 1.00. The van der Waals surface area contributed by atoms with Gasteiger partial charge in [0, 0.05) is 12.6 Å². The van der Waals surface area contributed by atoms with Crippen LogP contribution in [-0.4, -0.2) is 42.3 Å². The van der Waals surface area contributed by atoms with Gasteiger partial charge >= 0.3 is 0 Å². The van der Waals surface area contributed by atoms with Crippen molar-refractivity contribution in [2.45, 2.75) is 57.2 Å². The van der Waals surface area contributed by atoms with E-state index in [0.717, 1.165) is 32.1 Å². The molecule has 0 bridgehead atoms. The summed E-state index contributed by atoms with van der Waals surface area (Å²) in [6, 6.07) is -0.0703. The van der Waals surface area contributed by atoms with Crippen LogP contribution in [0.25, 0.3) is 0 Å². The van der Waals surface area contributed by atoms with Crippen molar-refractivity contribution < 1.29 is 13.5 Å². The van der Waals surface area contributed by atoms with E-state index in [1.807, 2.05) is 13.8 Å². The lowest BCUT2D eigenvalue weighted by Gasteiger charge is -2.31. The highest BCUT2D eigenvalue weighted by atomic mass is 32.2. The lowest BCUT2D eigenvalue weighted by Crippen LogP contribution is -2.44. The molecule has 0 spiro atoms. The number of nitrogens with zero attached hydrogens (tertiary/aromatic N) is 1. The van der Waals surface area contributed by atoms with Gasteiger partial charge in [0.25, 0.3) is 0 Å². The van der Waals surface area contributed by atoms with Crippen molar-refractivity contribution in [1.82, 2.24) is 4.31 Å². The van der Waals surface area contributed by atoms with Crippen molar-refractivity contribution >= 4 is 10.0 Å². The van der Waals surface area contributed by atoms with Crippen LogP contribution in [-0.2, 0) is 10.0 Å². The molecule has 1 fully saturated rings. The fourth-order valence-corrected chi connectivity index (χ4v) is 4.57. The highest BCUT2D eigenvalue weighted by Crippen LogP contribution is 2.26. The second-order valence-electron chi connectivity index (χ2n) is 4.73. The van der Waals surface area contributed by atoms with E-state index in [9.17, 15) is 8.42 Å². The van der Waals surface area contributed by atoms with Gasteiger partial charge in [0.05, 0.1) is 11.9 Å². The van der Waals surface area contributed by atoms with Crippen molar-refractivity contribution in [3.05, 3.63) is 0 Å². The van der Waals surface area contributed by atoms with Gasteiger partial charge in [-0.25, -0.2) is 8.42 Å². The quantitative estimate of drug-likeness (QED) is 0.800. The molecule has 0 aromatic heterocycles. The van der Waals surface area contributed by atoms with Crippen LogP contribution in [0.2, 0.25) is 0 Å². The summed E-state index contributed by atoms with van der Waals surface area (Å²) in [5.74, 6) is 0. The van der Waals surface area contributed by atoms with Crippen molar-refractivity contribution in [3.8, 4) is 0 Å². The number of aliphatic hydroxyl groups excluding tert-OH is 1. The number of hydrogen-bond donors (Lipinski definition) is 1. The lowest BCUT2D eigenvalue weighted by atomic mass is 10.0. The van der Waals surface area contributed by atoms with Crippen molar-refractivity contribution in [1.29, 1.82) is 0 Å². The van der Waals surface area contributed by atoms with Gasteiger partial charge in [-0.1, -0.05) is 19.3 Å². The topological polar surface area (TPSA) is 57.6 Å². The molecule has 0 atom stereocenters. The third-order valence-electron chi connectivity index (χ3n) is 3.20. The zero-order valence-corrected chi connectivity index (χ0v) is 11.0. The van der Waals surface area contributed by atoms with Crippen LogP contribution in [0.1, 0.15) is 46.0 Å². The monoisotopic (exact) mass is 249 g/mol. The highest BCUT2D eigenvalue weighted by molar-refractivity contribution is 7.89. The Labute approximate surface area is 98.7 Å². The maximum absolute atomic E-state index is 12.3. The first-order valence-electron chi connectivity index (χ1n) is 6.11. The van der Waals surface area contributed by atoms with E-state index >= 15 is 0 Å². The first kappa shape index (κ1) is 13.9. The van der Waals surface area contributed by atoms with E-state index in [1.54, 1.807) is 0 Å². The van der Waals surface area contributed by atoms with Crippen LogP contribution in [0, 0.1) is 0 Å². The number of rotatable bonds is 5. The summed E-state index contributed by atoms with van der Waals surface area (Å²) < 4.78 is 26.1. The van der Waals surface area contributed by atoms with Gasteiger partial charge in [-0.2, -0.15) is 4.31 Å². The Hall–Kier alpha value is -0.130. The molecule has 1 aliphatic carbocycles. The molecule has 1 rings (SSSR count). The minimum Gasteiger partial charge on any atom is -0.395 e. The number of hydrogen-bond acceptors (Lipinski definition) is 3. The third-order valence-corrected chi connectivity index (χ3v) is 5.77. The van der Waals surface area contributed by atoms with Gasteiger partial charge in [-0.3, -0.25) is 0 Å². The Kier molecular flexibility index (Phi) is 5.21. The van der Waals surface area contributed by atoms with E-state index in [2.05, 4.69) is 0 Å². The third kappa shape index (κ3) is 3.18. The Morgan fingerprint density at radius 1 is 1.25 bits per heavy atom. The van der Waals surface area contributed by atoms with Crippen molar-refractivity contribution in [3.63, 3.8) is 0 Å². The highest BCUT2D eigenvalue weighted by Gasteiger charge is 2.33. The summed E-state index contributed by atoms with van der Waals surface area (Å²) >= 11 is 0. The standard InChI is InChI=1S/C11H23NO3S/c1-10(2)12(8-9-13)16(14,15)11-6-4-3-5-7-11/h10-11,13H,3-9H2,1-2H3. The second kappa shape index (κ2) is 5.98. The maximum atomic E-state index is 12.3. The number of aliphatic hydroxyl groups is 1. The summed E-state index contributed by atoms with van der Waals surface area (Å²) in [7, 11) is -3.21. The fourth-order valence-electron chi connectivity index (χ4n) is 2.33. The van der Waals surface area contributed by atoms with Gasteiger partial charge in [-0.15, -0.1) is 0 Å². The van der Waals surface area contributed by atoms with Crippen molar-refractivity contribution in [2.24, 2.45) is 0 Å². The molecule has 16 heavy (non-hydrogen) atoms. The minimum atomic E-state index is -3.21. The molecule has 0 aliphatic heterocycles. The average Bonchev–Trinajstić information content (AvgIpc) is 2.26. The average molecular weight is 249 g/mol. The van der Waals surface area contributed by atoms with Crippen LogP contribution in [0.4, 0.5) is 0 Å². The normalized spacial score (nSPS) is 19.6. The van der Waals surface area contributed by atoms with Crippen molar-refractivity contribution in [2.75, 3.05) is 13.2 Å². The van der Waals surface area contributed by atoms with Gasteiger partial charge in [0.1, 0.15) is 0 Å². The summed E-state index contributed by atoms with van der Waals surface area (Å²) in [6.07, 6.45) is 4.71. The first-order valence-corrected chi connectivity index (χ1v) is 7.62. The molecule has 0 unspecified atom stereocenters. The van der Waals surface area contributed by atoms with Gasteiger partial charge in [-0.05, 0) is 26.7 Å². The predicted octanol–water partition coefficient (Wildman–Crippen LogP) is 1.35. The van der Waals surface area contributed by atoms with E-state index in [4.69, 9.17) is 5.11 Å². The molecule has 0 amide bonds. The summed E-state index contributed by atoms with van der Waals surface area (Å²) in [4.78, 5) is 0. The lowest BCUT2D eigenvalue weighted by molar-refractivity contribution is 0.234. The largest absolute Gasteiger partial charge is 0.395 e. The molecule has 0 heterocycles. The zero-order chi connectivity index (χ0) is 12.2. The van der Waals surface area contributed by atoms with Crippen LogP contribution in [0.15, 0.2) is 0 Å². The molecule has 96 valence electrons. The summed E-state index contributed by atoms with van der Waals surface area (Å²) in [5.41, 5.74) is 0. The Balaban J connectivity index is 2.79. The Bertz CT molecular complexity index is 294. The smallest absolute Gasteiger partial charge is 0.217 e. The Morgan fingerprint density at radius 2 is 1.81 bits per heavy atom. The summed E-state index contributed by atoms with van der Waals surface area (Å²) in [6.45, 7) is 3.83.